The number of ether oxygens (including phenoxy) is 1. The molecule has 0 unspecified atom stereocenters. The molecule has 6 aromatic rings. The Morgan fingerprint density at radius 3 is 2.50 bits per heavy atom. The van der Waals surface area contributed by atoms with Gasteiger partial charge in [-0.25, -0.2) is 0 Å². The van der Waals surface area contributed by atoms with Gasteiger partial charge >= 0.3 is 271 Å². The van der Waals surface area contributed by atoms with Gasteiger partial charge in [-0.2, -0.15) is 0 Å². The Bertz CT molecular complexity index is 2200. The quantitative estimate of drug-likeness (QED) is 0.257. The number of benzene rings is 5. The molecule has 44 heavy (non-hydrogen) atoms. The van der Waals surface area contributed by atoms with Crippen molar-refractivity contribution < 1.29 is 9.15 Å². The van der Waals surface area contributed by atoms with E-state index in [-0.39, 0.29) is 21.7 Å². The molecule has 3 aliphatic heterocycles. The molecule has 10 rings (SSSR count). The normalized spacial score (nSPS) is 16.1. The molecule has 210 valence electrons. The van der Waals surface area contributed by atoms with Gasteiger partial charge in [-0.3, -0.25) is 0 Å². The molecule has 0 fully saturated rings. The van der Waals surface area contributed by atoms with Crippen LogP contribution < -0.4 is 43.9 Å². The number of hydrogen-bond acceptors (Lipinski definition) is 3. The first-order chi connectivity index (χ1) is 21.8. The van der Waals surface area contributed by atoms with E-state index < -0.39 is 0 Å². The molecular formula is C38H26BNO2Se2. The third-order valence-electron chi connectivity index (χ3n) is 9.43. The van der Waals surface area contributed by atoms with E-state index in [1.54, 1.807) is 16.2 Å². The summed E-state index contributed by atoms with van der Waals surface area (Å²) < 4.78 is 18.5. The predicted molar refractivity (Wildman–Crippen MR) is 184 cm³/mol. The van der Waals surface area contributed by atoms with Crippen LogP contribution in [0.2, 0.25) is 0 Å². The van der Waals surface area contributed by atoms with Crippen molar-refractivity contribution in [3.05, 3.63) is 121 Å². The SMILES string of the molecule is c1ccc2c(c1)OC1=C(CCCC1)N2c1ccc2c(c1)[Se]c1cccc3c1B2c1cc(-c2cccc4ccoc24)ccc1[Se]3. The van der Waals surface area contributed by atoms with Crippen molar-refractivity contribution in [2.24, 2.45) is 0 Å². The van der Waals surface area contributed by atoms with E-state index >= 15 is 0 Å². The summed E-state index contributed by atoms with van der Waals surface area (Å²) in [6.45, 7) is 0.253. The molecule has 3 nitrogen and oxygen atoms in total. The Labute approximate surface area is 269 Å². The number of para-hydroxylation sites is 3. The summed E-state index contributed by atoms with van der Waals surface area (Å²) in [7, 11) is 0. The van der Waals surface area contributed by atoms with Crippen LogP contribution in [-0.4, -0.2) is 36.6 Å². The van der Waals surface area contributed by atoms with Crippen LogP contribution in [-0.2, 0) is 0 Å². The van der Waals surface area contributed by atoms with Crippen molar-refractivity contribution in [2.75, 3.05) is 4.90 Å². The Balaban J connectivity index is 1.14. The van der Waals surface area contributed by atoms with Crippen LogP contribution in [0.15, 0.2) is 125 Å². The average Bonchev–Trinajstić information content (AvgIpc) is 3.56. The first-order valence-corrected chi connectivity index (χ1v) is 18.7. The van der Waals surface area contributed by atoms with E-state index in [1.165, 1.54) is 59.7 Å². The predicted octanol–water partition coefficient (Wildman–Crippen LogP) is 3.87. The van der Waals surface area contributed by atoms with Crippen LogP contribution in [0, 0.1) is 0 Å². The summed E-state index contributed by atoms with van der Waals surface area (Å²) >= 11 is 0.537. The molecule has 0 N–H and O–H groups in total. The van der Waals surface area contributed by atoms with E-state index in [1.807, 2.05) is 0 Å². The van der Waals surface area contributed by atoms with E-state index in [9.17, 15) is 0 Å². The molecule has 0 bridgehead atoms. The van der Waals surface area contributed by atoms with Crippen molar-refractivity contribution in [2.45, 2.75) is 25.7 Å². The first kappa shape index (κ1) is 25.4. The fraction of sp³-hybridized carbons (Fsp3) is 0.105. The number of allylic oxidation sites excluding steroid dienone is 2. The van der Waals surface area contributed by atoms with Gasteiger partial charge in [0.1, 0.15) is 0 Å². The zero-order valence-electron chi connectivity index (χ0n) is 23.9. The minimum atomic E-state index is 0.244. The molecule has 0 amide bonds. The summed E-state index contributed by atoms with van der Waals surface area (Å²) in [5.41, 5.74) is 11.6. The van der Waals surface area contributed by atoms with Gasteiger partial charge in [-0.05, 0) is 0 Å². The van der Waals surface area contributed by atoms with Gasteiger partial charge in [0.25, 0.3) is 0 Å². The Kier molecular flexibility index (Phi) is 5.66. The number of hydrogen-bond donors (Lipinski definition) is 0. The molecule has 0 spiro atoms. The third kappa shape index (κ3) is 3.76. The molecule has 1 aliphatic carbocycles. The second-order valence-electron chi connectivity index (χ2n) is 11.9. The van der Waals surface area contributed by atoms with Crippen LogP contribution >= 0.6 is 0 Å². The standard InChI is InChI=1S/C38H26BNO2Se2/c1-3-11-31-29(9-1)40(30-10-2-4-12-32(30)42-31)25-16-17-27-36(22-25)44-35-14-6-13-34-37(35)39(27)28-21-24(15-18-33(28)43-34)26-8-5-7-23-19-20-41-38(23)26/h1,3,5-9,11,13-22H,2,4,10,12H2. The van der Waals surface area contributed by atoms with Crippen molar-refractivity contribution in [3.63, 3.8) is 0 Å². The van der Waals surface area contributed by atoms with Gasteiger partial charge in [0, 0.05) is 0 Å². The number of anilines is 2. The van der Waals surface area contributed by atoms with E-state index in [2.05, 4.69) is 108 Å². The Morgan fingerprint density at radius 1 is 0.682 bits per heavy atom. The van der Waals surface area contributed by atoms with Gasteiger partial charge in [0.05, 0.1) is 0 Å². The van der Waals surface area contributed by atoms with Crippen LogP contribution in [0.25, 0.3) is 22.1 Å². The fourth-order valence-electron chi connectivity index (χ4n) is 7.46. The Morgan fingerprint density at radius 2 is 1.55 bits per heavy atom. The first-order valence-electron chi connectivity index (χ1n) is 15.3. The van der Waals surface area contributed by atoms with Crippen LogP contribution in [0.4, 0.5) is 11.4 Å². The molecule has 4 aliphatic rings. The Hall–Kier alpha value is -3.92. The van der Waals surface area contributed by atoms with Crippen molar-refractivity contribution >= 4 is 93.2 Å². The third-order valence-corrected chi connectivity index (χ3v) is 14.3. The van der Waals surface area contributed by atoms with Gasteiger partial charge < -0.3 is 0 Å². The number of fused-ring (bicyclic) bond motifs is 6. The molecular weight excluding hydrogens is 671 g/mol. The summed E-state index contributed by atoms with van der Waals surface area (Å²) in [5.74, 6) is 2.12. The topological polar surface area (TPSA) is 25.6 Å². The second-order valence-corrected chi connectivity index (χ2v) is 16.5. The van der Waals surface area contributed by atoms with E-state index in [0.717, 1.165) is 41.0 Å². The van der Waals surface area contributed by atoms with Crippen molar-refractivity contribution in [3.8, 4) is 16.9 Å². The molecule has 0 atom stereocenters. The molecule has 1 aromatic heterocycles. The van der Waals surface area contributed by atoms with Crippen LogP contribution in [0.3, 0.4) is 0 Å². The zero-order valence-corrected chi connectivity index (χ0v) is 27.3. The van der Waals surface area contributed by atoms with Gasteiger partial charge in [-0.15, -0.1) is 0 Å². The fourth-order valence-corrected chi connectivity index (χ4v) is 12.7. The zero-order chi connectivity index (χ0) is 28.8. The van der Waals surface area contributed by atoms with Gasteiger partial charge in [0.2, 0.25) is 0 Å². The molecule has 0 radical (unpaired) electrons. The number of nitrogens with zero attached hydrogens (tertiary/aromatic N) is 1. The van der Waals surface area contributed by atoms with Crippen molar-refractivity contribution in [1.29, 1.82) is 0 Å². The van der Waals surface area contributed by atoms with E-state index in [0.29, 0.717) is 15.0 Å². The van der Waals surface area contributed by atoms with Gasteiger partial charge in [-0.1, -0.05) is 0 Å². The summed E-state index contributed by atoms with van der Waals surface area (Å²) in [4.78, 5) is 2.50. The summed E-state index contributed by atoms with van der Waals surface area (Å²) in [6.07, 6.45) is 6.27. The average molecular weight is 697 g/mol. The van der Waals surface area contributed by atoms with Gasteiger partial charge in [0.15, 0.2) is 0 Å². The maximum atomic E-state index is 6.45. The van der Waals surface area contributed by atoms with Crippen LogP contribution in [0.1, 0.15) is 25.7 Å². The second kappa shape index (κ2) is 9.79. The van der Waals surface area contributed by atoms with E-state index in [4.69, 9.17) is 9.15 Å². The number of furan rings is 1. The molecule has 0 saturated carbocycles. The molecule has 5 aromatic carbocycles. The number of rotatable bonds is 2. The minimum absolute atomic E-state index is 0.244. The summed E-state index contributed by atoms with van der Waals surface area (Å²) in [5, 5.41) is 1.15. The molecule has 4 heterocycles. The summed E-state index contributed by atoms with van der Waals surface area (Å²) in [6, 6.07) is 38.6. The van der Waals surface area contributed by atoms with Crippen molar-refractivity contribution in [1.82, 2.24) is 0 Å². The molecule has 6 heteroatoms. The van der Waals surface area contributed by atoms with Crippen LogP contribution in [0.5, 0.6) is 5.75 Å². The monoisotopic (exact) mass is 699 g/mol. The maximum absolute atomic E-state index is 6.45. The molecule has 0 saturated heterocycles.